The van der Waals surface area contributed by atoms with E-state index in [1.807, 2.05) is 30.3 Å². The molecule has 5 aromatic carbocycles. The molecule has 8 aromatic rings. The van der Waals surface area contributed by atoms with Gasteiger partial charge in [0, 0.05) is 55.1 Å². The molecule has 0 atom stereocenters. The number of nitrogens with one attached hydrogen (secondary N) is 2. The number of benzene rings is 5. The first-order valence-corrected chi connectivity index (χ1v) is 18.8. The third-order valence-electron chi connectivity index (χ3n) is 11.0. The number of aldehydes is 1. The number of hydrogen-bond acceptors (Lipinski definition) is 3. The van der Waals surface area contributed by atoms with Crippen LogP contribution < -0.4 is 0 Å². The van der Waals surface area contributed by atoms with E-state index in [9.17, 15) is 4.79 Å². The molecule has 5 nitrogen and oxygen atoms in total. The fourth-order valence-corrected chi connectivity index (χ4v) is 8.58. The summed E-state index contributed by atoms with van der Waals surface area (Å²) in [5, 5.41) is 4.23. The lowest BCUT2D eigenvalue weighted by Crippen LogP contribution is -2.00. The smallest absolute Gasteiger partial charge is 0.150 e. The lowest BCUT2D eigenvalue weighted by atomic mass is 9.90. The summed E-state index contributed by atoms with van der Waals surface area (Å²) in [6.07, 6.45) is 9.39. The first-order chi connectivity index (χ1) is 27.7. The van der Waals surface area contributed by atoms with Gasteiger partial charge in [-0.25, -0.2) is 9.97 Å². The van der Waals surface area contributed by atoms with Crippen LogP contribution in [0.2, 0.25) is 0 Å². The second kappa shape index (κ2) is 12.8. The molecule has 5 heterocycles. The van der Waals surface area contributed by atoms with Crippen LogP contribution in [0, 0.1) is 20.9 Å². The first-order valence-electron chi connectivity index (χ1n) is 18.8. The molecule has 0 spiro atoms. The SMILES string of the molecule is O=Cc1cccc2c1=c1c(-c3c4nc(c(-c5ccccc5)c5ccc([nH]5)c(-c5ccccc5)c5ccc([nH]5)c(-c5ccccc5)c5nc3C=C5)C=C4)cccc1=2. The molecule has 0 fully saturated rings. The molecule has 0 amide bonds. The molecule has 5 heteroatoms. The van der Waals surface area contributed by atoms with Gasteiger partial charge in [-0.2, -0.15) is 0 Å². The molecular formula is C51H32N4O. The van der Waals surface area contributed by atoms with Gasteiger partial charge in [0.25, 0.3) is 0 Å². The normalized spacial score (nSPS) is 12.2. The Labute approximate surface area is 321 Å². The number of carbonyl (C=O) groups excluding carboxylic acids is 1. The van der Waals surface area contributed by atoms with Crippen LogP contribution >= 0.6 is 0 Å². The lowest BCUT2D eigenvalue weighted by molar-refractivity contribution is 0.112. The van der Waals surface area contributed by atoms with Gasteiger partial charge >= 0.3 is 0 Å². The van der Waals surface area contributed by atoms with Crippen molar-refractivity contribution in [3.05, 3.63) is 201 Å². The number of hydrogen-bond donors (Lipinski definition) is 2. The van der Waals surface area contributed by atoms with E-state index in [-0.39, 0.29) is 0 Å². The van der Waals surface area contributed by atoms with Crippen molar-refractivity contribution in [2.75, 3.05) is 0 Å². The summed E-state index contributed by atoms with van der Waals surface area (Å²) in [6.45, 7) is 0. The Bertz CT molecular complexity index is 3220. The van der Waals surface area contributed by atoms with Crippen molar-refractivity contribution in [3.8, 4) is 44.5 Å². The Balaban J connectivity index is 1.34. The molecule has 0 radical (unpaired) electrons. The van der Waals surface area contributed by atoms with Gasteiger partial charge in [-0.15, -0.1) is 0 Å². The Kier molecular flexibility index (Phi) is 7.25. The van der Waals surface area contributed by atoms with E-state index in [0.29, 0.717) is 5.56 Å². The quantitative estimate of drug-likeness (QED) is 0.174. The molecule has 2 aliphatic heterocycles. The summed E-state index contributed by atoms with van der Waals surface area (Å²) < 4.78 is 0. The number of H-pyrrole nitrogens is 2. The minimum absolute atomic E-state index is 0.680. The van der Waals surface area contributed by atoms with Crippen LogP contribution in [0.4, 0.5) is 0 Å². The highest BCUT2D eigenvalue weighted by molar-refractivity contribution is 6.00. The zero-order chi connectivity index (χ0) is 37.2. The van der Waals surface area contributed by atoms with Crippen molar-refractivity contribution >= 4 is 52.7 Å². The number of aromatic amines is 2. The van der Waals surface area contributed by atoms with Crippen molar-refractivity contribution in [2.45, 2.75) is 0 Å². The Hall–Kier alpha value is -7.63. The maximum atomic E-state index is 12.4. The Morgan fingerprint density at radius 3 is 1.27 bits per heavy atom. The highest BCUT2D eigenvalue weighted by Gasteiger charge is 2.22. The molecule has 3 aliphatic rings. The van der Waals surface area contributed by atoms with Gasteiger partial charge in [-0.3, -0.25) is 4.79 Å². The topological polar surface area (TPSA) is 74.4 Å². The molecule has 0 unspecified atom stereocenters. The molecular weight excluding hydrogens is 685 g/mol. The zero-order valence-electron chi connectivity index (χ0n) is 30.1. The number of fused-ring (bicyclic) bond motifs is 10. The second-order valence-corrected chi connectivity index (χ2v) is 14.2. The van der Waals surface area contributed by atoms with Gasteiger partial charge < -0.3 is 9.97 Å². The van der Waals surface area contributed by atoms with Crippen molar-refractivity contribution in [2.24, 2.45) is 0 Å². The number of aromatic nitrogens is 4. The lowest BCUT2D eigenvalue weighted by Gasteiger charge is -2.13. The molecule has 3 aromatic heterocycles. The van der Waals surface area contributed by atoms with Crippen LogP contribution in [0.15, 0.2) is 152 Å². The summed E-state index contributed by atoms with van der Waals surface area (Å²) >= 11 is 0. The summed E-state index contributed by atoms with van der Waals surface area (Å²) in [5.41, 5.74) is 16.1. The van der Waals surface area contributed by atoms with Crippen LogP contribution in [0.25, 0.3) is 90.9 Å². The van der Waals surface area contributed by atoms with Crippen molar-refractivity contribution < 1.29 is 4.79 Å². The number of carbonyl (C=O) groups is 1. The molecule has 1 aliphatic carbocycles. The molecule has 11 rings (SSSR count). The Morgan fingerprint density at radius 1 is 0.375 bits per heavy atom. The number of nitrogens with zero attached hydrogens (tertiary/aromatic N) is 2. The molecule has 2 N–H and O–H groups in total. The maximum absolute atomic E-state index is 12.4. The fourth-order valence-electron chi connectivity index (χ4n) is 8.58. The second-order valence-electron chi connectivity index (χ2n) is 14.2. The summed E-state index contributed by atoms with van der Waals surface area (Å²) in [5.74, 6) is 0. The third kappa shape index (κ3) is 4.99. The van der Waals surface area contributed by atoms with Gasteiger partial charge in [0.2, 0.25) is 0 Å². The van der Waals surface area contributed by atoms with Gasteiger partial charge in [0.1, 0.15) is 0 Å². The largest absolute Gasteiger partial charge is 0.354 e. The predicted molar refractivity (Wildman–Crippen MR) is 228 cm³/mol. The van der Waals surface area contributed by atoms with Crippen molar-refractivity contribution in [1.82, 2.24) is 19.9 Å². The van der Waals surface area contributed by atoms with Crippen LogP contribution in [-0.2, 0) is 0 Å². The standard InChI is InChI=1S/C51H32N4O/c56-30-34-18-10-19-35-36-20-11-21-37(50(36)46(34)35)51-44-28-26-42(54-44)48(32-14-6-2-7-15-32)40-24-22-38(52-40)47(31-12-4-1-5-13-31)39-23-25-41(53-39)49(33-16-8-3-9-17-33)43-27-29-45(51)55-43/h1-30,52-53H. The van der Waals surface area contributed by atoms with E-state index in [1.165, 1.54) is 0 Å². The highest BCUT2D eigenvalue weighted by Crippen LogP contribution is 2.39. The van der Waals surface area contributed by atoms with Gasteiger partial charge in [0.15, 0.2) is 6.29 Å². The molecule has 0 saturated heterocycles. The van der Waals surface area contributed by atoms with E-state index in [1.54, 1.807) is 0 Å². The monoisotopic (exact) mass is 716 g/mol. The average Bonchev–Trinajstić information content (AvgIpc) is 4.09. The highest BCUT2D eigenvalue weighted by atomic mass is 16.1. The van der Waals surface area contributed by atoms with E-state index >= 15 is 0 Å². The summed E-state index contributed by atoms with van der Waals surface area (Å²) in [6, 6.07) is 52.3. The van der Waals surface area contributed by atoms with Crippen LogP contribution in [0.5, 0.6) is 0 Å². The minimum atomic E-state index is 0.680. The van der Waals surface area contributed by atoms with E-state index < -0.39 is 0 Å². The first kappa shape index (κ1) is 31.9. The molecule has 262 valence electrons. The molecule has 8 bridgehead atoms. The van der Waals surface area contributed by atoms with Gasteiger partial charge in [0.05, 0.1) is 22.8 Å². The van der Waals surface area contributed by atoms with Crippen LogP contribution in [0.3, 0.4) is 0 Å². The van der Waals surface area contributed by atoms with Crippen molar-refractivity contribution in [3.63, 3.8) is 0 Å². The molecule has 0 saturated carbocycles. The van der Waals surface area contributed by atoms with E-state index in [4.69, 9.17) is 9.97 Å². The van der Waals surface area contributed by atoms with Crippen LogP contribution in [0.1, 0.15) is 33.1 Å². The average molecular weight is 717 g/mol. The molecule has 56 heavy (non-hydrogen) atoms. The maximum Gasteiger partial charge on any atom is 0.150 e. The van der Waals surface area contributed by atoms with Crippen LogP contribution in [-0.4, -0.2) is 26.2 Å². The van der Waals surface area contributed by atoms with Gasteiger partial charge in [-0.05, 0) is 86.5 Å². The van der Waals surface area contributed by atoms with E-state index in [0.717, 1.165) is 117 Å². The van der Waals surface area contributed by atoms with E-state index in [2.05, 4.69) is 156 Å². The van der Waals surface area contributed by atoms with Gasteiger partial charge in [-0.1, -0.05) is 127 Å². The zero-order valence-corrected chi connectivity index (χ0v) is 30.1. The third-order valence-corrected chi connectivity index (χ3v) is 11.0. The minimum Gasteiger partial charge on any atom is -0.354 e. The van der Waals surface area contributed by atoms with Crippen molar-refractivity contribution in [1.29, 1.82) is 0 Å². The Morgan fingerprint density at radius 2 is 0.786 bits per heavy atom. The predicted octanol–water partition coefficient (Wildman–Crippen LogP) is 12.0. The number of rotatable bonds is 5. The summed E-state index contributed by atoms with van der Waals surface area (Å²) in [4.78, 5) is 31.0. The fraction of sp³-hybridized carbons (Fsp3) is 0. The summed E-state index contributed by atoms with van der Waals surface area (Å²) in [7, 11) is 0.